The molecule has 3 amide bonds. The smallest absolute Gasteiger partial charge is 0.313 e. The number of urea groups is 1. The molecule has 3 aromatic carbocycles. The van der Waals surface area contributed by atoms with E-state index >= 15 is 0 Å². The van der Waals surface area contributed by atoms with E-state index in [1.165, 1.54) is 18.0 Å². The van der Waals surface area contributed by atoms with Crippen LogP contribution in [0.4, 0.5) is 35.0 Å². The molecule has 1 aliphatic rings. The first-order valence-corrected chi connectivity index (χ1v) is 13.7. The Morgan fingerprint density at radius 2 is 1.41 bits per heavy atom. The number of carbonyl (C=O) groups excluding carboxylic acids is 2. The number of rotatable bonds is 5. The highest BCUT2D eigenvalue weighted by atomic mass is 79.9. The van der Waals surface area contributed by atoms with Gasteiger partial charge in [0.1, 0.15) is 0 Å². The number of aliphatic imine (C=N–C) groups is 1. The van der Waals surface area contributed by atoms with Gasteiger partial charge in [-0.3, -0.25) is 9.69 Å². The van der Waals surface area contributed by atoms with Gasteiger partial charge >= 0.3 is 12.2 Å². The average molecular weight is 728 g/mol. The summed E-state index contributed by atoms with van der Waals surface area (Å²) in [6.45, 7) is 0. The van der Waals surface area contributed by atoms with Gasteiger partial charge in [0.15, 0.2) is 6.17 Å². The zero-order chi connectivity index (χ0) is 28.7. The third-order valence-electron chi connectivity index (χ3n) is 5.62. The molecule has 0 N–H and O–H groups in total. The van der Waals surface area contributed by atoms with Gasteiger partial charge in [0, 0.05) is 16.0 Å². The molecule has 6 nitrogen and oxygen atoms in total. The van der Waals surface area contributed by atoms with Gasteiger partial charge in [-0.05, 0) is 74.3 Å². The molecular formula is C25H16Br2Cl3F3N4O2. The quantitative estimate of drug-likeness (QED) is 0.196. The normalized spacial score (nSPS) is 16.3. The van der Waals surface area contributed by atoms with Crippen LogP contribution in [0, 0.1) is 0 Å². The number of hydrogen-bond donors (Lipinski definition) is 0. The maximum absolute atomic E-state index is 13.4. The predicted octanol–water partition coefficient (Wildman–Crippen LogP) is 8.56. The molecule has 14 heteroatoms. The van der Waals surface area contributed by atoms with Crippen LogP contribution in [-0.4, -0.2) is 39.7 Å². The Morgan fingerprint density at radius 1 is 0.872 bits per heavy atom. The van der Waals surface area contributed by atoms with E-state index in [1.54, 1.807) is 48.5 Å². The molecule has 1 atom stereocenters. The van der Waals surface area contributed by atoms with E-state index < -0.39 is 39.5 Å². The number of amides is 3. The number of hydrogen-bond acceptors (Lipinski definition) is 4. The first-order valence-electron chi connectivity index (χ1n) is 10.9. The molecular weight excluding hydrogens is 711 g/mol. The van der Waals surface area contributed by atoms with Gasteiger partial charge in [-0.1, -0.05) is 65.1 Å². The second-order valence-corrected chi connectivity index (χ2v) is 12.2. The third kappa shape index (κ3) is 6.07. The summed E-state index contributed by atoms with van der Waals surface area (Å²) in [5.74, 6) is -1.42. The molecule has 1 aliphatic heterocycles. The highest BCUT2D eigenvalue weighted by Gasteiger charge is 2.46. The van der Waals surface area contributed by atoms with Crippen molar-refractivity contribution in [1.29, 1.82) is 0 Å². The Hall–Kier alpha value is -2.31. The van der Waals surface area contributed by atoms with Crippen molar-refractivity contribution in [3.05, 3.63) is 87.3 Å². The van der Waals surface area contributed by atoms with Crippen molar-refractivity contribution in [3.8, 4) is 0 Å². The number of alkyl halides is 6. The molecule has 0 saturated carbocycles. The third-order valence-corrected chi connectivity index (χ3v) is 7.55. The van der Waals surface area contributed by atoms with Crippen LogP contribution in [0.1, 0.15) is 5.56 Å². The van der Waals surface area contributed by atoms with Gasteiger partial charge in [0.2, 0.25) is 9.63 Å². The first-order chi connectivity index (χ1) is 18.2. The van der Waals surface area contributed by atoms with E-state index in [0.717, 1.165) is 28.0 Å². The number of anilines is 3. The lowest BCUT2D eigenvalue weighted by molar-refractivity contribution is -0.137. The van der Waals surface area contributed by atoms with Crippen LogP contribution in [0.25, 0.3) is 0 Å². The maximum atomic E-state index is 13.4. The molecule has 0 bridgehead atoms. The molecule has 0 radical (unpaired) electrons. The molecule has 1 heterocycles. The van der Waals surface area contributed by atoms with Crippen LogP contribution in [0.15, 0.2) is 86.7 Å². The lowest BCUT2D eigenvalue weighted by Gasteiger charge is -2.36. The zero-order valence-corrected chi connectivity index (χ0v) is 25.1. The summed E-state index contributed by atoms with van der Waals surface area (Å²) >= 11 is 26.3. The van der Waals surface area contributed by atoms with Gasteiger partial charge in [-0.15, -0.1) is 0 Å². The number of carbonyl (C=O) groups is 2. The highest BCUT2D eigenvalue weighted by Crippen LogP contribution is 2.45. The van der Waals surface area contributed by atoms with E-state index in [9.17, 15) is 22.8 Å². The Bertz CT molecular complexity index is 1420. The summed E-state index contributed by atoms with van der Waals surface area (Å²) in [4.78, 5) is 33.8. The number of halogens is 8. The number of nitrogens with zero attached hydrogens (tertiary/aromatic N) is 4. The van der Waals surface area contributed by atoms with Crippen molar-refractivity contribution >= 4 is 101 Å². The van der Waals surface area contributed by atoms with Gasteiger partial charge < -0.3 is 4.90 Å². The van der Waals surface area contributed by atoms with Gasteiger partial charge in [-0.25, -0.2) is 14.7 Å². The minimum absolute atomic E-state index is 0.234. The van der Waals surface area contributed by atoms with Crippen molar-refractivity contribution in [1.82, 2.24) is 4.90 Å². The number of benzene rings is 3. The van der Waals surface area contributed by atoms with Gasteiger partial charge in [-0.2, -0.15) is 13.2 Å². The predicted molar refractivity (Wildman–Crippen MR) is 154 cm³/mol. The minimum atomic E-state index is -4.69. The summed E-state index contributed by atoms with van der Waals surface area (Å²) in [6.07, 6.45) is -6.17. The Balaban J connectivity index is 1.97. The molecule has 3 aromatic rings. The Kier molecular flexibility index (Phi) is 8.58. The SMILES string of the molecule is CN1C(=O)C(=NC(N(c2ccccc2Br)c2ccccc2Br)C(Cl)(Cl)Cl)N(c2cccc(C(F)(F)F)c2)C1=O. The molecule has 39 heavy (non-hydrogen) atoms. The van der Waals surface area contributed by atoms with Crippen LogP contribution >= 0.6 is 66.7 Å². The number of imide groups is 1. The van der Waals surface area contributed by atoms with Crippen LogP contribution < -0.4 is 9.80 Å². The second-order valence-electron chi connectivity index (χ2n) is 8.17. The topological polar surface area (TPSA) is 56.2 Å². The van der Waals surface area contributed by atoms with Crippen molar-refractivity contribution < 1.29 is 22.8 Å². The number of likely N-dealkylation sites (N-methyl/N-ethyl adjacent to an activating group) is 1. The Morgan fingerprint density at radius 3 is 1.90 bits per heavy atom. The molecule has 1 saturated heterocycles. The van der Waals surface area contributed by atoms with E-state index in [2.05, 4.69) is 36.9 Å². The highest BCUT2D eigenvalue weighted by molar-refractivity contribution is 9.11. The fraction of sp³-hybridized carbons (Fsp3) is 0.160. The molecule has 204 valence electrons. The zero-order valence-electron chi connectivity index (χ0n) is 19.6. The lowest BCUT2D eigenvalue weighted by Crippen LogP contribution is -2.43. The number of para-hydroxylation sites is 2. The molecule has 0 spiro atoms. The average Bonchev–Trinajstić information content (AvgIpc) is 3.08. The van der Waals surface area contributed by atoms with Crippen molar-refractivity contribution in [2.45, 2.75) is 16.1 Å². The summed E-state index contributed by atoms with van der Waals surface area (Å²) < 4.78 is 39.3. The maximum Gasteiger partial charge on any atom is 0.416 e. The largest absolute Gasteiger partial charge is 0.416 e. The van der Waals surface area contributed by atoms with E-state index in [4.69, 9.17) is 34.8 Å². The molecule has 0 aliphatic carbocycles. The molecule has 0 aromatic heterocycles. The number of amidine groups is 1. The molecule has 1 unspecified atom stereocenters. The Labute approximate surface area is 253 Å². The fourth-order valence-corrected chi connectivity index (χ4v) is 5.21. The van der Waals surface area contributed by atoms with Crippen LogP contribution in [0.2, 0.25) is 0 Å². The van der Waals surface area contributed by atoms with Crippen LogP contribution in [0.3, 0.4) is 0 Å². The van der Waals surface area contributed by atoms with Crippen LogP contribution in [-0.2, 0) is 11.0 Å². The van der Waals surface area contributed by atoms with Crippen LogP contribution in [0.5, 0.6) is 0 Å². The van der Waals surface area contributed by atoms with Crippen molar-refractivity contribution in [3.63, 3.8) is 0 Å². The standard InChI is InChI=1S/C25H16Br2Cl3F3N4O2/c1-35-21(38)20(36(23(35)39)15-8-6-7-14(13-15)25(31,32)33)34-22(24(28,29)30)37(18-11-4-2-9-16(18)26)19-12-5-3-10-17(19)27/h2-13,22H,1H3. The summed E-state index contributed by atoms with van der Waals surface area (Å²) in [5.41, 5.74) is -0.278. The summed E-state index contributed by atoms with van der Waals surface area (Å²) in [6, 6.07) is 17.0. The van der Waals surface area contributed by atoms with Crippen molar-refractivity contribution in [2.24, 2.45) is 4.99 Å². The van der Waals surface area contributed by atoms with E-state index in [-0.39, 0.29) is 5.69 Å². The van der Waals surface area contributed by atoms with Crippen molar-refractivity contribution in [2.75, 3.05) is 16.8 Å². The lowest BCUT2D eigenvalue weighted by atomic mass is 10.2. The molecule has 4 rings (SSSR count). The van der Waals surface area contributed by atoms with E-state index in [0.29, 0.717) is 20.3 Å². The van der Waals surface area contributed by atoms with E-state index in [1.807, 2.05) is 0 Å². The monoisotopic (exact) mass is 724 g/mol. The molecule has 1 fully saturated rings. The minimum Gasteiger partial charge on any atom is -0.313 e. The summed E-state index contributed by atoms with van der Waals surface area (Å²) in [7, 11) is 1.18. The summed E-state index contributed by atoms with van der Waals surface area (Å²) in [5, 5.41) is 0. The fourth-order valence-electron chi connectivity index (χ4n) is 3.82. The van der Waals surface area contributed by atoms with Gasteiger partial charge in [0.05, 0.1) is 22.6 Å². The van der Waals surface area contributed by atoms with Gasteiger partial charge in [0.25, 0.3) is 5.91 Å². The first kappa shape index (κ1) is 29.7. The second kappa shape index (κ2) is 11.3.